The molecule has 0 aliphatic carbocycles. The molecule has 0 amide bonds. The Balaban J connectivity index is 2.78. The van der Waals surface area contributed by atoms with Gasteiger partial charge >= 0.3 is 5.97 Å². The van der Waals surface area contributed by atoms with Crippen LogP contribution in [-0.2, 0) is 11.2 Å². The summed E-state index contributed by atoms with van der Waals surface area (Å²) in [4.78, 5) is 11.5. The first-order valence-electron chi connectivity index (χ1n) is 5.20. The van der Waals surface area contributed by atoms with Crippen LogP contribution in [0.3, 0.4) is 0 Å². The fourth-order valence-electron chi connectivity index (χ4n) is 1.35. The van der Waals surface area contributed by atoms with Crippen molar-refractivity contribution in [3.05, 3.63) is 32.9 Å². The lowest BCUT2D eigenvalue weighted by Crippen LogP contribution is -2.05. The quantitative estimate of drug-likeness (QED) is 0.430. The van der Waals surface area contributed by atoms with E-state index in [0.29, 0.717) is 12.2 Å². The Morgan fingerprint density at radius 2 is 2.25 bits per heavy atom. The van der Waals surface area contributed by atoms with Crippen LogP contribution in [0.15, 0.2) is 18.2 Å². The number of hydrogen-bond donors (Lipinski definition) is 0. The number of ether oxygens (including phenoxy) is 1. The first-order valence-corrected chi connectivity index (χ1v) is 7.40. The Kier molecular flexibility index (Phi) is 6.34. The second-order valence-corrected chi connectivity index (χ2v) is 5.27. The summed E-state index contributed by atoms with van der Waals surface area (Å²) in [7, 11) is 0. The SMILES string of the molecule is CCOC(=O)c1ccc(CCCBr)c(I)c1. The third-order valence-electron chi connectivity index (χ3n) is 2.14. The minimum Gasteiger partial charge on any atom is -0.462 e. The molecule has 1 aromatic carbocycles. The van der Waals surface area contributed by atoms with Crippen molar-refractivity contribution in [3.8, 4) is 0 Å². The lowest BCUT2D eigenvalue weighted by Gasteiger charge is -2.06. The maximum atomic E-state index is 11.5. The number of carbonyl (C=O) groups excluding carboxylic acids is 1. The summed E-state index contributed by atoms with van der Waals surface area (Å²) in [5.41, 5.74) is 1.92. The molecule has 0 saturated carbocycles. The Bertz CT molecular complexity index is 366. The molecule has 0 unspecified atom stereocenters. The predicted molar refractivity (Wildman–Crippen MR) is 77.2 cm³/mol. The van der Waals surface area contributed by atoms with Crippen LogP contribution in [0.2, 0.25) is 0 Å². The average Bonchev–Trinajstić information content (AvgIpc) is 2.27. The molecule has 2 nitrogen and oxygen atoms in total. The van der Waals surface area contributed by atoms with E-state index in [0.717, 1.165) is 21.7 Å². The Morgan fingerprint density at radius 3 is 2.81 bits per heavy atom. The van der Waals surface area contributed by atoms with Crippen molar-refractivity contribution < 1.29 is 9.53 Å². The van der Waals surface area contributed by atoms with Crippen molar-refractivity contribution in [2.24, 2.45) is 0 Å². The summed E-state index contributed by atoms with van der Waals surface area (Å²) in [5, 5.41) is 1.00. The smallest absolute Gasteiger partial charge is 0.338 e. The molecule has 0 aromatic heterocycles. The van der Waals surface area contributed by atoms with Crippen molar-refractivity contribution in [2.75, 3.05) is 11.9 Å². The standard InChI is InChI=1S/C12H14BrIO2/c1-2-16-12(15)10-6-5-9(4-3-7-13)11(14)8-10/h5-6,8H,2-4,7H2,1H3. The highest BCUT2D eigenvalue weighted by atomic mass is 127. The first kappa shape index (κ1) is 14.0. The van der Waals surface area contributed by atoms with Crippen LogP contribution < -0.4 is 0 Å². The number of hydrogen-bond acceptors (Lipinski definition) is 2. The predicted octanol–water partition coefficient (Wildman–Crippen LogP) is 3.80. The Morgan fingerprint density at radius 1 is 1.50 bits per heavy atom. The molecule has 0 fully saturated rings. The number of aryl methyl sites for hydroxylation is 1. The minimum absolute atomic E-state index is 0.243. The second-order valence-electron chi connectivity index (χ2n) is 3.32. The van der Waals surface area contributed by atoms with Gasteiger partial charge in [-0.15, -0.1) is 0 Å². The summed E-state index contributed by atoms with van der Waals surface area (Å²) in [6, 6.07) is 5.74. The maximum absolute atomic E-state index is 11.5. The van der Waals surface area contributed by atoms with Gasteiger partial charge in [-0.2, -0.15) is 0 Å². The van der Waals surface area contributed by atoms with E-state index in [2.05, 4.69) is 38.5 Å². The zero-order chi connectivity index (χ0) is 12.0. The molecule has 88 valence electrons. The number of benzene rings is 1. The summed E-state index contributed by atoms with van der Waals surface area (Å²) in [6.07, 6.45) is 2.14. The van der Waals surface area contributed by atoms with Crippen molar-refractivity contribution in [2.45, 2.75) is 19.8 Å². The fourth-order valence-corrected chi connectivity index (χ4v) is 2.41. The van der Waals surface area contributed by atoms with Gasteiger partial charge in [-0.1, -0.05) is 22.0 Å². The molecule has 0 atom stereocenters. The van der Waals surface area contributed by atoms with E-state index in [1.165, 1.54) is 5.56 Å². The van der Waals surface area contributed by atoms with E-state index in [-0.39, 0.29) is 5.97 Å². The molecule has 1 rings (SSSR count). The molecule has 0 N–H and O–H groups in total. The number of alkyl halides is 1. The second kappa shape index (κ2) is 7.27. The van der Waals surface area contributed by atoms with Crippen LogP contribution in [0, 0.1) is 3.57 Å². The van der Waals surface area contributed by atoms with Crippen molar-refractivity contribution in [1.29, 1.82) is 0 Å². The summed E-state index contributed by atoms with van der Waals surface area (Å²) >= 11 is 5.68. The monoisotopic (exact) mass is 396 g/mol. The molecule has 1 aromatic rings. The van der Waals surface area contributed by atoms with Crippen molar-refractivity contribution in [3.63, 3.8) is 0 Å². The largest absolute Gasteiger partial charge is 0.462 e. The molecule has 0 radical (unpaired) electrons. The molecule has 0 saturated heterocycles. The van der Waals surface area contributed by atoms with Crippen LogP contribution in [0.4, 0.5) is 0 Å². The van der Waals surface area contributed by atoms with Gasteiger partial charge < -0.3 is 4.74 Å². The third-order valence-corrected chi connectivity index (χ3v) is 3.71. The van der Waals surface area contributed by atoms with Gasteiger partial charge in [0.05, 0.1) is 12.2 Å². The highest BCUT2D eigenvalue weighted by molar-refractivity contribution is 14.1. The van der Waals surface area contributed by atoms with Crippen LogP contribution in [0.1, 0.15) is 29.3 Å². The van der Waals surface area contributed by atoms with Crippen molar-refractivity contribution >= 4 is 44.5 Å². The van der Waals surface area contributed by atoms with Gasteiger partial charge in [0.15, 0.2) is 0 Å². The van der Waals surface area contributed by atoms with Gasteiger partial charge in [0.2, 0.25) is 0 Å². The van der Waals surface area contributed by atoms with Crippen LogP contribution >= 0.6 is 38.5 Å². The molecule has 0 aliphatic heterocycles. The lowest BCUT2D eigenvalue weighted by molar-refractivity contribution is 0.0526. The van der Waals surface area contributed by atoms with E-state index < -0.39 is 0 Å². The highest BCUT2D eigenvalue weighted by Crippen LogP contribution is 2.17. The molecule has 0 aliphatic rings. The van der Waals surface area contributed by atoms with Crippen molar-refractivity contribution in [1.82, 2.24) is 0 Å². The first-order chi connectivity index (χ1) is 7.69. The van der Waals surface area contributed by atoms with Crippen LogP contribution in [0.5, 0.6) is 0 Å². The summed E-state index contributed by atoms with van der Waals surface area (Å²) in [5.74, 6) is -0.243. The number of carbonyl (C=O) groups is 1. The zero-order valence-electron chi connectivity index (χ0n) is 9.13. The lowest BCUT2D eigenvalue weighted by atomic mass is 10.1. The van der Waals surface area contributed by atoms with Crippen LogP contribution in [0.25, 0.3) is 0 Å². The average molecular weight is 397 g/mol. The zero-order valence-corrected chi connectivity index (χ0v) is 12.9. The molecular weight excluding hydrogens is 383 g/mol. The molecular formula is C12H14BrIO2. The highest BCUT2D eigenvalue weighted by Gasteiger charge is 2.08. The van der Waals surface area contributed by atoms with Gasteiger partial charge in [-0.05, 0) is 60.1 Å². The Hall–Kier alpha value is -0.100. The normalized spacial score (nSPS) is 10.2. The molecule has 16 heavy (non-hydrogen) atoms. The fraction of sp³-hybridized carbons (Fsp3) is 0.417. The summed E-state index contributed by atoms with van der Waals surface area (Å²) in [6.45, 7) is 2.23. The van der Waals surface area contributed by atoms with E-state index >= 15 is 0 Å². The summed E-state index contributed by atoms with van der Waals surface area (Å²) < 4.78 is 6.08. The van der Waals surface area contributed by atoms with Gasteiger partial charge in [0, 0.05) is 8.90 Å². The molecule has 4 heteroatoms. The molecule has 0 bridgehead atoms. The van der Waals surface area contributed by atoms with Gasteiger partial charge in [-0.3, -0.25) is 0 Å². The molecule has 0 heterocycles. The molecule has 0 spiro atoms. The Labute approximate surface area is 118 Å². The van der Waals surface area contributed by atoms with E-state index in [1.54, 1.807) is 0 Å². The maximum Gasteiger partial charge on any atom is 0.338 e. The van der Waals surface area contributed by atoms with Gasteiger partial charge in [0.1, 0.15) is 0 Å². The van der Waals surface area contributed by atoms with Gasteiger partial charge in [0.25, 0.3) is 0 Å². The third kappa shape index (κ3) is 4.05. The van der Waals surface area contributed by atoms with Gasteiger partial charge in [-0.25, -0.2) is 4.79 Å². The van der Waals surface area contributed by atoms with E-state index in [1.807, 2.05) is 25.1 Å². The van der Waals surface area contributed by atoms with E-state index in [4.69, 9.17) is 4.74 Å². The topological polar surface area (TPSA) is 26.3 Å². The number of esters is 1. The van der Waals surface area contributed by atoms with E-state index in [9.17, 15) is 4.79 Å². The number of rotatable bonds is 5. The number of halogens is 2. The minimum atomic E-state index is -0.243. The van der Waals surface area contributed by atoms with Crippen LogP contribution in [-0.4, -0.2) is 17.9 Å².